The van der Waals surface area contributed by atoms with Gasteiger partial charge in [-0.1, -0.05) is 11.6 Å². The van der Waals surface area contributed by atoms with E-state index in [1.807, 2.05) is 0 Å². The Hall–Kier alpha value is -0.510. The van der Waals surface area contributed by atoms with Crippen LogP contribution >= 0.6 is 22.9 Å². The van der Waals surface area contributed by atoms with Gasteiger partial charge in [0.05, 0.1) is 10.9 Å². The average molecular weight is 342 g/mol. The van der Waals surface area contributed by atoms with E-state index < -0.39 is 25.1 Å². The number of hydrogen-bond donors (Lipinski definition) is 1. The maximum atomic E-state index is 12.1. The standard InChI is InChI=1S/C10H10ClF6NOS/c11-7-2-1-6(20-7)5-18-3-4-19-8(9(12,13)14)10(15,16)17/h1-2,8,18H,3-5H2. The van der Waals surface area contributed by atoms with Crippen molar-refractivity contribution in [1.82, 2.24) is 5.32 Å². The first-order valence-corrected chi connectivity index (χ1v) is 6.50. The van der Waals surface area contributed by atoms with E-state index in [0.29, 0.717) is 10.9 Å². The first-order chi connectivity index (χ1) is 9.10. The van der Waals surface area contributed by atoms with Gasteiger partial charge in [-0.2, -0.15) is 26.3 Å². The van der Waals surface area contributed by atoms with Crippen molar-refractivity contribution in [3.05, 3.63) is 21.3 Å². The van der Waals surface area contributed by atoms with Crippen LogP contribution in [-0.2, 0) is 11.3 Å². The molecule has 0 saturated heterocycles. The second kappa shape index (κ2) is 6.97. The normalized spacial score (nSPS) is 13.2. The topological polar surface area (TPSA) is 21.3 Å². The highest BCUT2D eigenvalue weighted by atomic mass is 35.5. The van der Waals surface area contributed by atoms with E-state index in [2.05, 4.69) is 10.1 Å². The molecule has 116 valence electrons. The summed E-state index contributed by atoms with van der Waals surface area (Å²) in [6.07, 6.45) is -14.7. The molecule has 0 aliphatic rings. The van der Waals surface area contributed by atoms with Gasteiger partial charge in [-0.25, -0.2) is 0 Å². The number of nitrogens with one attached hydrogen (secondary N) is 1. The molecule has 0 radical (unpaired) electrons. The van der Waals surface area contributed by atoms with E-state index in [1.54, 1.807) is 12.1 Å². The van der Waals surface area contributed by atoms with Crippen molar-refractivity contribution in [2.45, 2.75) is 25.0 Å². The largest absolute Gasteiger partial charge is 0.423 e. The Balaban J connectivity index is 2.31. The van der Waals surface area contributed by atoms with Crippen LogP contribution in [0.1, 0.15) is 4.88 Å². The molecule has 1 rings (SSSR count). The third-order valence-electron chi connectivity index (χ3n) is 2.09. The fourth-order valence-electron chi connectivity index (χ4n) is 1.28. The van der Waals surface area contributed by atoms with Crippen LogP contribution < -0.4 is 5.32 Å². The predicted octanol–water partition coefficient (Wildman–Crippen LogP) is 4.00. The molecule has 20 heavy (non-hydrogen) atoms. The number of ether oxygens (including phenoxy) is 1. The lowest BCUT2D eigenvalue weighted by atomic mass is 10.3. The van der Waals surface area contributed by atoms with Gasteiger partial charge in [0, 0.05) is 18.0 Å². The first kappa shape index (κ1) is 17.5. The summed E-state index contributed by atoms with van der Waals surface area (Å²) in [5, 5.41) is 2.67. The van der Waals surface area contributed by atoms with Crippen molar-refractivity contribution in [3.8, 4) is 0 Å². The number of thiophene rings is 1. The third-order valence-corrected chi connectivity index (χ3v) is 3.32. The molecule has 0 amide bonds. The summed E-state index contributed by atoms with van der Waals surface area (Å²) < 4.78 is 77.1. The third kappa shape index (κ3) is 5.86. The summed E-state index contributed by atoms with van der Waals surface area (Å²) in [4.78, 5) is 0.818. The van der Waals surface area contributed by atoms with Crippen LogP contribution in [-0.4, -0.2) is 31.6 Å². The minimum Gasteiger partial charge on any atom is -0.360 e. The predicted molar refractivity (Wildman–Crippen MR) is 62.9 cm³/mol. The molecule has 1 N–H and O–H groups in total. The molecule has 1 aromatic rings. The Kier molecular flexibility index (Phi) is 6.11. The van der Waals surface area contributed by atoms with E-state index in [9.17, 15) is 26.3 Å². The van der Waals surface area contributed by atoms with Crippen molar-refractivity contribution in [1.29, 1.82) is 0 Å². The smallest absolute Gasteiger partial charge is 0.360 e. The molecule has 0 saturated carbocycles. The molecule has 0 spiro atoms. The van der Waals surface area contributed by atoms with E-state index in [4.69, 9.17) is 11.6 Å². The Morgan fingerprint density at radius 1 is 1.15 bits per heavy atom. The van der Waals surface area contributed by atoms with Crippen LogP contribution in [0.25, 0.3) is 0 Å². The van der Waals surface area contributed by atoms with E-state index in [0.717, 1.165) is 4.88 Å². The molecule has 0 aliphatic carbocycles. The Bertz CT molecular complexity index is 405. The fourth-order valence-corrected chi connectivity index (χ4v) is 2.34. The Morgan fingerprint density at radius 3 is 2.20 bits per heavy atom. The molecule has 2 nitrogen and oxygen atoms in total. The molecule has 0 aromatic carbocycles. The summed E-state index contributed by atoms with van der Waals surface area (Å²) >= 11 is 6.92. The highest BCUT2D eigenvalue weighted by molar-refractivity contribution is 7.16. The van der Waals surface area contributed by atoms with Crippen molar-refractivity contribution >= 4 is 22.9 Å². The molecular formula is C10H10ClF6NOS. The number of alkyl halides is 6. The SMILES string of the molecule is FC(F)(F)C(OCCNCc1ccc(Cl)s1)C(F)(F)F. The maximum absolute atomic E-state index is 12.1. The monoisotopic (exact) mass is 341 g/mol. The molecular weight excluding hydrogens is 332 g/mol. The van der Waals surface area contributed by atoms with Crippen molar-refractivity contribution in [2.24, 2.45) is 0 Å². The van der Waals surface area contributed by atoms with E-state index >= 15 is 0 Å². The lowest BCUT2D eigenvalue weighted by Crippen LogP contribution is -2.45. The molecule has 0 fully saturated rings. The zero-order chi connectivity index (χ0) is 15.4. The quantitative estimate of drug-likeness (QED) is 0.624. The summed E-state index contributed by atoms with van der Waals surface area (Å²) in [6, 6.07) is 3.35. The van der Waals surface area contributed by atoms with Gasteiger partial charge in [-0.3, -0.25) is 0 Å². The molecule has 1 heterocycles. The van der Waals surface area contributed by atoms with Crippen LogP contribution in [0, 0.1) is 0 Å². The highest BCUT2D eigenvalue weighted by Gasteiger charge is 2.57. The van der Waals surface area contributed by atoms with Crippen molar-refractivity contribution in [2.75, 3.05) is 13.2 Å². The van der Waals surface area contributed by atoms with Crippen molar-refractivity contribution < 1.29 is 31.1 Å². The zero-order valence-electron chi connectivity index (χ0n) is 9.82. The number of rotatable bonds is 6. The first-order valence-electron chi connectivity index (χ1n) is 5.30. The average Bonchev–Trinajstić information content (AvgIpc) is 2.65. The minimum atomic E-state index is -5.47. The zero-order valence-corrected chi connectivity index (χ0v) is 11.4. The second-order valence-electron chi connectivity index (χ2n) is 3.72. The van der Waals surface area contributed by atoms with Gasteiger partial charge in [-0.15, -0.1) is 11.3 Å². The fraction of sp³-hybridized carbons (Fsp3) is 0.600. The molecule has 0 unspecified atom stereocenters. The summed E-state index contributed by atoms with van der Waals surface area (Å²) in [7, 11) is 0. The van der Waals surface area contributed by atoms with Gasteiger partial charge in [0.25, 0.3) is 0 Å². The number of halogens is 7. The lowest BCUT2D eigenvalue weighted by molar-refractivity contribution is -0.321. The summed E-state index contributed by atoms with van der Waals surface area (Å²) in [6.45, 7) is -0.551. The lowest BCUT2D eigenvalue weighted by Gasteiger charge is -2.23. The number of hydrogen-bond acceptors (Lipinski definition) is 3. The van der Waals surface area contributed by atoms with Crippen LogP contribution in [0.2, 0.25) is 4.34 Å². The second-order valence-corrected chi connectivity index (χ2v) is 5.52. The van der Waals surface area contributed by atoms with Gasteiger partial charge < -0.3 is 10.1 Å². The summed E-state index contributed by atoms with van der Waals surface area (Å²) in [5.74, 6) is 0. The van der Waals surface area contributed by atoms with E-state index in [1.165, 1.54) is 11.3 Å². The van der Waals surface area contributed by atoms with Gasteiger partial charge in [0.2, 0.25) is 6.10 Å². The van der Waals surface area contributed by atoms with Gasteiger partial charge >= 0.3 is 12.4 Å². The summed E-state index contributed by atoms with van der Waals surface area (Å²) in [5.41, 5.74) is 0. The van der Waals surface area contributed by atoms with Crippen LogP contribution in [0.5, 0.6) is 0 Å². The van der Waals surface area contributed by atoms with E-state index in [-0.39, 0.29) is 6.54 Å². The van der Waals surface area contributed by atoms with Crippen molar-refractivity contribution in [3.63, 3.8) is 0 Å². The molecule has 0 atom stereocenters. The molecule has 0 aliphatic heterocycles. The van der Waals surface area contributed by atoms with Crippen LogP contribution in [0.4, 0.5) is 26.3 Å². The minimum absolute atomic E-state index is 0.141. The van der Waals surface area contributed by atoms with Gasteiger partial charge in [0.1, 0.15) is 0 Å². The van der Waals surface area contributed by atoms with Crippen LogP contribution in [0.15, 0.2) is 12.1 Å². The Labute approximate surface area is 119 Å². The van der Waals surface area contributed by atoms with Crippen LogP contribution in [0.3, 0.4) is 0 Å². The Morgan fingerprint density at radius 2 is 1.75 bits per heavy atom. The highest BCUT2D eigenvalue weighted by Crippen LogP contribution is 2.35. The van der Waals surface area contributed by atoms with Gasteiger partial charge in [0.15, 0.2) is 0 Å². The molecule has 0 bridgehead atoms. The molecule has 1 aromatic heterocycles. The molecule has 10 heteroatoms. The maximum Gasteiger partial charge on any atom is 0.423 e. The van der Waals surface area contributed by atoms with Gasteiger partial charge in [-0.05, 0) is 12.1 Å².